The molecule has 204 valence electrons. The van der Waals surface area contributed by atoms with Gasteiger partial charge in [0.05, 0.1) is 34.5 Å². The second kappa shape index (κ2) is 10.2. The molecule has 10 heteroatoms. The summed E-state index contributed by atoms with van der Waals surface area (Å²) < 4.78 is 49.6. The molecule has 8 nitrogen and oxygen atoms in total. The van der Waals surface area contributed by atoms with Crippen LogP contribution in [0.3, 0.4) is 0 Å². The van der Waals surface area contributed by atoms with Crippen LogP contribution in [-0.4, -0.2) is 53.5 Å². The highest BCUT2D eigenvalue weighted by Gasteiger charge is 2.51. The molecule has 2 aliphatic rings. The number of aromatic nitrogens is 3. The molecule has 0 saturated carbocycles. The van der Waals surface area contributed by atoms with Gasteiger partial charge in [-0.1, -0.05) is 23.8 Å². The van der Waals surface area contributed by atoms with Crippen molar-refractivity contribution in [2.24, 2.45) is 5.41 Å². The van der Waals surface area contributed by atoms with Gasteiger partial charge in [0.1, 0.15) is 11.5 Å². The number of sulfonamides is 1. The molecule has 1 aliphatic carbocycles. The van der Waals surface area contributed by atoms with Gasteiger partial charge in [0.15, 0.2) is 5.78 Å². The summed E-state index contributed by atoms with van der Waals surface area (Å²) >= 11 is 0. The summed E-state index contributed by atoms with van der Waals surface area (Å²) in [6.45, 7) is 0.491. The number of carbonyl (C=O) groups is 1. The van der Waals surface area contributed by atoms with E-state index in [-0.39, 0.29) is 41.7 Å². The highest BCUT2D eigenvalue weighted by Crippen LogP contribution is 2.47. The molecule has 0 unspecified atom stereocenters. The molecule has 2 aromatic heterocycles. The van der Waals surface area contributed by atoms with E-state index in [0.717, 1.165) is 22.4 Å². The van der Waals surface area contributed by atoms with Gasteiger partial charge in [0.2, 0.25) is 10.0 Å². The van der Waals surface area contributed by atoms with Crippen LogP contribution in [0.15, 0.2) is 89.6 Å². The van der Waals surface area contributed by atoms with Gasteiger partial charge in [0, 0.05) is 26.4 Å². The smallest absolute Gasteiger partial charge is 0.243 e. The van der Waals surface area contributed by atoms with Crippen molar-refractivity contribution in [2.45, 2.75) is 24.3 Å². The lowest BCUT2D eigenvalue weighted by Gasteiger charge is -2.44. The van der Waals surface area contributed by atoms with E-state index in [1.807, 2.05) is 12.1 Å². The molecule has 0 amide bonds. The molecule has 0 radical (unpaired) electrons. The summed E-state index contributed by atoms with van der Waals surface area (Å²) in [5, 5.41) is 4.54. The van der Waals surface area contributed by atoms with Crippen molar-refractivity contribution in [3.8, 4) is 5.69 Å². The quantitative estimate of drug-likeness (QED) is 0.311. The number of carbonyl (C=O) groups excluding carboxylic acids is 1. The molecule has 0 spiro atoms. The zero-order chi connectivity index (χ0) is 27.9. The molecule has 1 fully saturated rings. The SMILES string of the molecule is COCc1cccc(S(=O)(=O)N2CCC3=Cc4c(cnn4-c4ccc(F)cc4)C[C@]3(C(=O)c3ccccn3)C2)c1. The number of piperidine rings is 1. The van der Waals surface area contributed by atoms with Crippen LogP contribution in [0.25, 0.3) is 11.8 Å². The fraction of sp³-hybridized carbons (Fsp3) is 0.233. The lowest BCUT2D eigenvalue weighted by atomic mass is 9.65. The maximum absolute atomic E-state index is 14.2. The zero-order valence-corrected chi connectivity index (χ0v) is 22.6. The highest BCUT2D eigenvalue weighted by molar-refractivity contribution is 7.89. The van der Waals surface area contributed by atoms with Gasteiger partial charge >= 0.3 is 0 Å². The van der Waals surface area contributed by atoms with E-state index < -0.39 is 15.4 Å². The highest BCUT2D eigenvalue weighted by atomic mass is 32.2. The molecule has 0 bridgehead atoms. The number of rotatable bonds is 7. The number of Topliss-reactive ketones (excluding diaryl/α,β-unsaturated/α-hetero) is 1. The van der Waals surface area contributed by atoms with Crippen molar-refractivity contribution in [3.63, 3.8) is 0 Å². The van der Waals surface area contributed by atoms with E-state index in [2.05, 4.69) is 10.1 Å². The molecular formula is C30H27FN4O4S. The third kappa shape index (κ3) is 4.47. The number of fused-ring (bicyclic) bond motifs is 2. The maximum atomic E-state index is 14.2. The fourth-order valence-corrected chi connectivity index (χ4v) is 7.23. The van der Waals surface area contributed by atoms with Crippen molar-refractivity contribution >= 4 is 21.9 Å². The maximum Gasteiger partial charge on any atom is 0.243 e. The van der Waals surface area contributed by atoms with Crippen LogP contribution >= 0.6 is 0 Å². The molecular weight excluding hydrogens is 531 g/mol. The van der Waals surface area contributed by atoms with Crippen LogP contribution in [0.4, 0.5) is 4.39 Å². The Hall–Kier alpha value is -3.99. The third-order valence-corrected chi connectivity index (χ3v) is 9.47. The Kier molecular flexibility index (Phi) is 6.69. The molecule has 1 aliphatic heterocycles. The van der Waals surface area contributed by atoms with E-state index in [1.165, 1.54) is 16.4 Å². The number of ketones is 1. The van der Waals surface area contributed by atoms with E-state index in [0.29, 0.717) is 18.7 Å². The minimum absolute atomic E-state index is 0.0216. The monoisotopic (exact) mass is 558 g/mol. The lowest BCUT2D eigenvalue weighted by molar-refractivity contribution is 0.0770. The average Bonchev–Trinajstić information content (AvgIpc) is 3.38. The van der Waals surface area contributed by atoms with Crippen LogP contribution in [0.2, 0.25) is 0 Å². The molecule has 2 aromatic carbocycles. The number of benzene rings is 2. The number of hydrogen-bond acceptors (Lipinski definition) is 6. The first-order valence-corrected chi connectivity index (χ1v) is 14.3. The average molecular weight is 559 g/mol. The van der Waals surface area contributed by atoms with Gasteiger partial charge in [-0.25, -0.2) is 17.5 Å². The molecule has 0 N–H and O–H groups in total. The summed E-state index contributed by atoms with van der Waals surface area (Å²) in [7, 11) is -2.35. The largest absolute Gasteiger partial charge is 0.380 e. The van der Waals surface area contributed by atoms with Crippen molar-refractivity contribution in [1.29, 1.82) is 0 Å². The van der Waals surface area contributed by atoms with Crippen molar-refractivity contribution in [2.75, 3.05) is 20.2 Å². The number of nitrogens with zero attached hydrogens (tertiary/aromatic N) is 4. The van der Waals surface area contributed by atoms with Crippen LogP contribution in [0.1, 0.15) is 33.7 Å². The van der Waals surface area contributed by atoms with Crippen LogP contribution in [0, 0.1) is 11.2 Å². The van der Waals surface area contributed by atoms with Crippen LogP contribution in [0.5, 0.6) is 0 Å². The Balaban J connectivity index is 1.43. The number of ether oxygens (including phenoxy) is 1. The van der Waals surface area contributed by atoms with Gasteiger partial charge in [-0.2, -0.15) is 9.40 Å². The minimum Gasteiger partial charge on any atom is -0.380 e. The van der Waals surface area contributed by atoms with Crippen LogP contribution < -0.4 is 0 Å². The first kappa shape index (κ1) is 26.2. The fourth-order valence-electron chi connectivity index (χ4n) is 5.66. The van der Waals surface area contributed by atoms with Crippen LogP contribution in [-0.2, 0) is 27.8 Å². The first-order chi connectivity index (χ1) is 19.3. The van der Waals surface area contributed by atoms with Crippen molar-refractivity contribution < 1.29 is 22.3 Å². The normalized spacial score (nSPS) is 19.0. The molecule has 6 rings (SSSR count). The summed E-state index contributed by atoms with van der Waals surface area (Å²) in [6, 6.07) is 17.9. The Morgan fingerprint density at radius 2 is 1.93 bits per heavy atom. The Morgan fingerprint density at radius 1 is 1.10 bits per heavy atom. The predicted molar refractivity (Wildman–Crippen MR) is 147 cm³/mol. The minimum atomic E-state index is -3.90. The second-order valence-electron chi connectivity index (χ2n) is 10.1. The third-order valence-electron chi connectivity index (χ3n) is 7.63. The number of methoxy groups -OCH3 is 1. The van der Waals surface area contributed by atoms with Gasteiger partial charge < -0.3 is 4.74 Å². The predicted octanol–water partition coefficient (Wildman–Crippen LogP) is 4.46. The van der Waals surface area contributed by atoms with Gasteiger partial charge in [0.25, 0.3) is 0 Å². The van der Waals surface area contributed by atoms with Gasteiger partial charge in [-0.05, 0) is 78.6 Å². The molecule has 1 saturated heterocycles. The molecule has 40 heavy (non-hydrogen) atoms. The molecule has 4 aromatic rings. The van der Waals surface area contributed by atoms with Gasteiger partial charge in [-0.3, -0.25) is 9.78 Å². The van der Waals surface area contributed by atoms with E-state index in [4.69, 9.17) is 4.74 Å². The Labute approximate surface area is 231 Å². The summed E-state index contributed by atoms with van der Waals surface area (Å²) in [4.78, 5) is 18.7. The van der Waals surface area contributed by atoms with E-state index in [9.17, 15) is 17.6 Å². The second-order valence-corrected chi connectivity index (χ2v) is 12.0. The van der Waals surface area contributed by atoms with E-state index in [1.54, 1.807) is 72.7 Å². The topological polar surface area (TPSA) is 94.4 Å². The summed E-state index contributed by atoms with van der Waals surface area (Å²) in [5.74, 6) is -0.572. The zero-order valence-electron chi connectivity index (χ0n) is 21.8. The van der Waals surface area contributed by atoms with Crippen molar-refractivity contribution in [1.82, 2.24) is 19.1 Å². The summed E-state index contributed by atoms with van der Waals surface area (Å²) in [6.07, 6.45) is 5.83. The first-order valence-electron chi connectivity index (χ1n) is 12.9. The Morgan fingerprint density at radius 3 is 2.67 bits per heavy atom. The van der Waals surface area contributed by atoms with Gasteiger partial charge in [-0.15, -0.1) is 0 Å². The Bertz CT molecular complexity index is 1720. The standard InChI is InChI=1S/C30H27FN4O4S/c1-39-19-21-5-4-6-26(15-21)40(37,38)34-14-12-23-16-28-22(18-33-35(28)25-10-8-24(31)9-11-25)17-30(23,20-34)29(36)27-7-2-3-13-32-27/h2-11,13,15-16,18H,12,14,17,19-20H2,1H3/t30-/m0/s1. The van der Waals surface area contributed by atoms with E-state index >= 15 is 0 Å². The number of halogens is 1. The number of hydrogen-bond donors (Lipinski definition) is 0. The van der Waals surface area contributed by atoms with Crippen molar-refractivity contribution in [3.05, 3.63) is 113 Å². The summed E-state index contributed by atoms with van der Waals surface area (Å²) in [5.41, 5.74) is 3.01. The number of pyridine rings is 1. The lowest BCUT2D eigenvalue weighted by Crippen LogP contribution is -2.53. The molecule has 1 atom stereocenters. The molecule has 3 heterocycles.